The first-order valence-corrected chi connectivity index (χ1v) is 9.15. The van der Waals surface area contributed by atoms with Crippen LogP contribution < -0.4 is 5.73 Å². The van der Waals surface area contributed by atoms with E-state index in [1.54, 1.807) is 0 Å². The number of rotatable bonds is 9. The minimum Gasteiger partial charge on any atom is -0.383 e. The average Bonchev–Trinajstić information content (AvgIpc) is 3.33. The van der Waals surface area contributed by atoms with Crippen molar-refractivity contribution in [2.24, 2.45) is 23.5 Å². The molecule has 0 radical (unpaired) electrons. The van der Waals surface area contributed by atoms with Gasteiger partial charge >= 0.3 is 0 Å². The number of methoxy groups -OCH3 is 1. The van der Waals surface area contributed by atoms with Gasteiger partial charge in [-0.1, -0.05) is 26.2 Å². The lowest BCUT2D eigenvalue weighted by atomic mass is 9.75. The maximum Gasteiger partial charge on any atom is 0.0589 e. The van der Waals surface area contributed by atoms with E-state index in [4.69, 9.17) is 10.5 Å². The number of hydrogen-bond acceptors (Lipinski definition) is 3. The molecule has 0 heterocycles. The lowest BCUT2D eigenvalue weighted by Gasteiger charge is -2.45. The Bertz CT molecular complexity index is 293. The summed E-state index contributed by atoms with van der Waals surface area (Å²) in [6, 6.07) is 1.39. The van der Waals surface area contributed by atoms with Gasteiger partial charge in [-0.25, -0.2) is 0 Å². The Morgan fingerprint density at radius 1 is 1.24 bits per heavy atom. The molecule has 0 aromatic carbocycles. The summed E-state index contributed by atoms with van der Waals surface area (Å²) >= 11 is 0. The van der Waals surface area contributed by atoms with Crippen LogP contribution in [0.2, 0.25) is 0 Å². The van der Waals surface area contributed by atoms with Crippen molar-refractivity contribution in [2.45, 2.75) is 70.9 Å². The fraction of sp³-hybridized carbons (Fsp3) is 1.00. The minimum atomic E-state index is 0.686. The molecule has 0 aromatic rings. The van der Waals surface area contributed by atoms with Crippen molar-refractivity contribution in [3.63, 3.8) is 0 Å². The zero-order valence-electron chi connectivity index (χ0n) is 14.4. The second-order valence-electron chi connectivity index (χ2n) is 7.34. The summed E-state index contributed by atoms with van der Waals surface area (Å²) in [6.45, 7) is 7.53. The van der Waals surface area contributed by atoms with E-state index in [0.717, 1.165) is 31.5 Å². The van der Waals surface area contributed by atoms with Crippen LogP contribution in [-0.4, -0.2) is 43.8 Å². The van der Waals surface area contributed by atoms with E-state index in [9.17, 15) is 0 Å². The van der Waals surface area contributed by atoms with Crippen molar-refractivity contribution in [3.05, 3.63) is 0 Å². The van der Waals surface area contributed by atoms with E-state index >= 15 is 0 Å². The third-order valence-electron chi connectivity index (χ3n) is 5.87. The Balaban J connectivity index is 2.04. The quantitative estimate of drug-likeness (QED) is 0.709. The van der Waals surface area contributed by atoms with Crippen LogP contribution in [0.25, 0.3) is 0 Å². The Morgan fingerprint density at radius 2 is 2.00 bits per heavy atom. The van der Waals surface area contributed by atoms with Crippen molar-refractivity contribution in [3.8, 4) is 0 Å². The topological polar surface area (TPSA) is 38.5 Å². The highest BCUT2D eigenvalue weighted by Gasteiger charge is 2.39. The molecule has 4 atom stereocenters. The maximum absolute atomic E-state index is 6.11. The van der Waals surface area contributed by atoms with Gasteiger partial charge in [0.05, 0.1) is 6.61 Å². The van der Waals surface area contributed by atoms with Gasteiger partial charge < -0.3 is 10.5 Å². The first-order chi connectivity index (χ1) is 10.2. The van der Waals surface area contributed by atoms with Crippen LogP contribution >= 0.6 is 0 Å². The Labute approximate surface area is 131 Å². The molecule has 124 valence electrons. The SMILES string of the molecule is CCCC1CCC(CN)C(N(CCOC)C(C)C2CC2)C1. The van der Waals surface area contributed by atoms with Gasteiger partial charge in [0.25, 0.3) is 0 Å². The monoisotopic (exact) mass is 296 g/mol. The van der Waals surface area contributed by atoms with Gasteiger partial charge in [0.1, 0.15) is 0 Å². The molecular formula is C18H36N2O. The Morgan fingerprint density at radius 3 is 2.57 bits per heavy atom. The molecule has 0 saturated heterocycles. The summed E-state index contributed by atoms with van der Waals surface area (Å²) in [5.41, 5.74) is 6.11. The van der Waals surface area contributed by atoms with Crippen LogP contribution in [0.1, 0.15) is 58.8 Å². The van der Waals surface area contributed by atoms with Crippen molar-refractivity contribution < 1.29 is 4.74 Å². The molecule has 2 saturated carbocycles. The number of ether oxygens (including phenoxy) is 1. The summed E-state index contributed by atoms with van der Waals surface area (Å²) in [5, 5.41) is 0. The normalized spacial score (nSPS) is 31.6. The first-order valence-electron chi connectivity index (χ1n) is 9.15. The summed E-state index contributed by atoms with van der Waals surface area (Å²) in [4.78, 5) is 2.76. The molecule has 2 aliphatic rings. The largest absolute Gasteiger partial charge is 0.383 e. The number of nitrogens with two attached hydrogens (primary N) is 1. The highest BCUT2D eigenvalue weighted by atomic mass is 16.5. The first kappa shape index (κ1) is 17.2. The minimum absolute atomic E-state index is 0.686. The molecule has 0 amide bonds. The van der Waals surface area contributed by atoms with Gasteiger partial charge in [0.2, 0.25) is 0 Å². The molecular weight excluding hydrogens is 260 g/mol. The summed E-state index contributed by atoms with van der Waals surface area (Å²) in [6.07, 6.45) is 9.63. The Kier molecular flexibility index (Phi) is 6.97. The molecule has 0 aromatic heterocycles. The average molecular weight is 296 g/mol. The molecule has 2 aliphatic carbocycles. The molecule has 4 unspecified atom stereocenters. The maximum atomic E-state index is 6.11. The van der Waals surface area contributed by atoms with Gasteiger partial charge in [-0.3, -0.25) is 4.90 Å². The van der Waals surface area contributed by atoms with Crippen LogP contribution in [0.15, 0.2) is 0 Å². The van der Waals surface area contributed by atoms with Crippen molar-refractivity contribution in [1.29, 1.82) is 0 Å². The fourth-order valence-electron chi connectivity index (χ4n) is 4.36. The van der Waals surface area contributed by atoms with Gasteiger partial charge in [0.15, 0.2) is 0 Å². The predicted molar refractivity (Wildman–Crippen MR) is 89.3 cm³/mol. The number of hydrogen-bond donors (Lipinski definition) is 1. The molecule has 2 fully saturated rings. The highest BCUT2D eigenvalue weighted by molar-refractivity contribution is 4.93. The third kappa shape index (κ3) is 4.67. The van der Waals surface area contributed by atoms with E-state index < -0.39 is 0 Å². The van der Waals surface area contributed by atoms with Crippen molar-refractivity contribution >= 4 is 0 Å². The molecule has 0 bridgehead atoms. The van der Waals surface area contributed by atoms with Crippen molar-refractivity contribution in [1.82, 2.24) is 4.90 Å². The second kappa shape index (κ2) is 8.50. The summed E-state index contributed by atoms with van der Waals surface area (Å²) in [7, 11) is 1.82. The van der Waals surface area contributed by atoms with Crippen LogP contribution in [0.4, 0.5) is 0 Å². The van der Waals surface area contributed by atoms with Crippen molar-refractivity contribution in [2.75, 3.05) is 26.8 Å². The van der Waals surface area contributed by atoms with Gasteiger partial charge in [-0.15, -0.1) is 0 Å². The summed E-state index contributed by atoms with van der Waals surface area (Å²) < 4.78 is 5.38. The van der Waals surface area contributed by atoms with Crippen LogP contribution in [0, 0.1) is 17.8 Å². The van der Waals surface area contributed by atoms with Gasteiger partial charge in [0, 0.05) is 25.7 Å². The fourth-order valence-corrected chi connectivity index (χ4v) is 4.36. The second-order valence-corrected chi connectivity index (χ2v) is 7.34. The highest BCUT2D eigenvalue weighted by Crippen LogP contribution is 2.40. The molecule has 2 rings (SSSR count). The third-order valence-corrected chi connectivity index (χ3v) is 5.87. The zero-order chi connectivity index (χ0) is 15.2. The van der Waals surface area contributed by atoms with Crippen LogP contribution in [-0.2, 0) is 4.74 Å². The molecule has 0 aliphatic heterocycles. The van der Waals surface area contributed by atoms with Gasteiger partial charge in [-0.2, -0.15) is 0 Å². The van der Waals surface area contributed by atoms with E-state index in [2.05, 4.69) is 18.7 Å². The molecule has 21 heavy (non-hydrogen) atoms. The zero-order valence-corrected chi connectivity index (χ0v) is 14.4. The van der Waals surface area contributed by atoms with Crippen LogP contribution in [0.3, 0.4) is 0 Å². The smallest absolute Gasteiger partial charge is 0.0589 e. The van der Waals surface area contributed by atoms with Crippen LogP contribution in [0.5, 0.6) is 0 Å². The molecule has 2 N–H and O–H groups in total. The van der Waals surface area contributed by atoms with Gasteiger partial charge in [-0.05, 0) is 56.9 Å². The van der Waals surface area contributed by atoms with E-state index in [0.29, 0.717) is 18.0 Å². The van der Waals surface area contributed by atoms with E-state index in [1.807, 2.05) is 7.11 Å². The van der Waals surface area contributed by atoms with E-state index in [1.165, 1.54) is 44.9 Å². The molecule has 3 nitrogen and oxygen atoms in total. The van der Waals surface area contributed by atoms with E-state index in [-0.39, 0.29) is 0 Å². The molecule has 3 heteroatoms. The Hall–Kier alpha value is -0.120. The molecule has 0 spiro atoms. The summed E-state index contributed by atoms with van der Waals surface area (Å²) in [5.74, 6) is 2.53. The lowest BCUT2D eigenvalue weighted by molar-refractivity contribution is 0.0231. The lowest BCUT2D eigenvalue weighted by Crippen LogP contribution is -2.52. The standard InChI is InChI=1S/C18H36N2O/c1-4-5-15-6-7-17(13-19)18(12-15)20(10-11-21-3)14(2)16-8-9-16/h14-18H,4-13,19H2,1-3H3. The number of nitrogens with zero attached hydrogens (tertiary/aromatic N) is 1. The predicted octanol–water partition coefficient (Wildman–Crippen LogP) is 3.28.